The minimum absolute atomic E-state index is 0.0399. The molecule has 1 aliphatic rings. The molecule has 0 aliphatic carbocycles. The third-order valence-electron chi connectivity index (χ3n) is 5.77. The highest BCUT2D eigenvalue weighted by Crippen LogP contribution is 2.28. The van der Waals surface area contributed by atoms with Gasteiger partial charge in [0.25, 0.3) is 0 Å². The fraction of sp³-hybridized carbons (Fsp3) is 0.308. The van der Waals surface area contributed by atoms with Gasteiger partial charge in [0.2, 0.25) is 0 Å². The molecule has 5 rings (SSSR count). The van der Waals surface area contributed by atoms with Crippen molar-refractivity contribution in [3.05, 3.63) is 78.4 Å². The molecule has 1 unspecified atom stereocenters. The van der Waals surface area contributed by atoms with Crippen LogP contribution in [0.15, 0.2) is 67.3 Å². The number of pyridine rings is 1. The van der Waals surface area contributed by atoms with Crippen molar-refractivity contribution in [3.63, 3.8) is 0 Å². The van der Waals surface area contributed by atoms with Gasteiger partial charge in [0.1, 0.15) is 12.4 Å². The Balaban J connectivity index is 1.23. The average Bonchev–Trinajstić information content (AvgIpc) is 3.59. The number of carbonyl (C=O) groups is 1. The topological polar surface area (TPSA) is 93.3 Å². The molecule has 3 aromatic heterocycles. The van der Waals surface area contributed by atoms with E-state index in [-0.39, 0.29) is 12.2 Å². The highest BCUT2D eigenvalue weighted by atomic mass is 16.5. The van der Waals surface area contributed by atoms with Crippen molar-refractivity contribution in [3.8, 4) is 22.8 Å². The van der Waals surface area contributed by atoms with Gasteiger partial charge in [-0.25, -0.2) is 14.2 Å². The van der Waals surface area contributed by atoms with E-state index in [9.17, 15) is 4.79 Å². The molecule has 35 heavy (non-hydrogen) atoms. The second kappa shape index (κ2) is 10.5. The number of nitrogens with zero attached hydrogens (tertiary/aromatic N) is 5. The molecule has 0 amide bonds. The second-order valence-corrected chi connectivity index (χ2v) is 8.21. The summed E-state index contributed by atoms with van der Waals surface area (Å²) in [5, 5.41) is 8.73. The molecule has 4 aromatic rings. The van der Waals surface area contributed by atoms with Crippen molar-refractivity contribution >= 4 is 5.97 Å². The normalized spacial score (nSPS) is 15.6. The summed E-state index contributed by atoms with van der Waals surface area (Å²) < 4.78 is 20.4. The van der Waals surface area contributed by atoms with Crippen molar-refractivity contribution in [2.75, 3.05) is 13.2 Å². The van der Waals surface area contributed by atoms with Gasteiger partial charge in [-0.3, -0.25) is 4.98 Å². The molecular formula is C26H27N5O4. The van der Waals surface area contributed by atoms with Crippen LogP contribution in [0.4, 0.5) is 0 Å². The zero-order valence-corrected chi connectivity index (χ0v) is 19.5. The van der Waals surface area contributed by atoms with Crippen LogP contribution in [0, 0.1) is 0 Å². The Bertz CT molecular complexity index is 1270. The van der Waals surface area contributed by atoms with E-state index in [2.05, 4.69) is 15.2 Å². The van der Waals surface area contributed by atoms with Gasteiger partial charge in [0.05, 0.1) is 41.6 Å². The van der Waals surface area contributed by atoms with E-state index in [1.54, 1.807) is 30.2 Å². The van der Waals surface area contributed by atoms with E-state index >= 15 is 0 Å². The Labute approximate surface area is 203 Å². The number of aromatic nitrogens is 5. The lowest BCUT2D eigenvalue weighted by molar-refractivity contribution is -0.0384. The minimum Gasteiger partial charge on any atom is -0.487 e. The molecule has 1 aromatic carbocycles. The van der Waals surface area contributed by atoms with E-state index in [1.807, 2.05) is 47.1 Å². The Morgan fingerprint density at radius 1 is 1.14 bits per heavy atom. The summed E-state index contributed by atoms with van der Waals surface area (Å²) in [5.74, 6) is 0.284. The van der Waals surface area contributed by atoms with E-state index in [1.165, 1.54) is 6.20 Å². The number of hydrogen-bond acceptors (Lipinski definition) is 7. The van der Waals surface area contributed by atoms with Crippen LogP contribution in [0.5, 0.6) is 5.75 Å². The summed E-state index contributed by atoms with van der Waals surface area (Å²) in [7, 11) is 0. The summed E-state index contributed by atoms with van der Waals surface area (Å²) in [5.41, 5.74) is 3.95. The summed E-state index contributed by atoms with van der Waals surface area (Å²) in [4.78, 5) is 16.5. The standard InChI is InChI=1S/C26H27N5O4/c1-2-33-26(32)20-15-29-30(17-20)21-7-5-6-19(14-21)18-35-22-9-10-23(27-16-22)24-11-12-28-31(24)25-8-3-4-13-34-25/h5-7,9-12,14-17,25H,2-4,8,13,18H2,1H3. The lowest BCUT2D eigenvalue weighted by Crippen LogP contribution is -2.20. The zero-order valence-electron chi connectivity index (χ0n) is 19.5. The molecule has 0 bridgehead atoms. The van der Waals surface area contributed by atoms with Gasteiger partial charge in [0.15, 0.2) is 6.23 Å². The van der Waals surface area contributed by atoms with Crippen LogP contribution in [-0.2, 0) is 16.1 Å². The van der Waals surface area contributed by atoms with Gasteiger partial charge in [-0.15, -0.1) is 0 Å². The zero-order chi connectivity index (χ0) is 24.0. The molecule has 9 heteroatoms. The lowest BCUT2D eigenvalue weighted by Gasteiger charge is -2.24. The molecule has 0 N–H and O–H groups in total. The van der Waals surface area contributed by atoms with Gasteiger partial charge in [-0.05, 0) is 62.1 Å². The molecule has 4 heterocycles. The van der Waals surface area contributed by atoms with Crippen molar-refractivity contribution in [2.45, 2.75) is 39.0 Å². The Morgan fingerprint density at radius 2 is 2.09 bits per heavy atom. The molecule has 1 fully saturated rings. The highest BCUT2D eigenvalue weighted by Gasteiger charge is 2.20. The SMILES string of the molecule is CCOC(=O)c1cnn(-c2cccc(COc3ccc(-c4ccnn4C4CCCCO4)nc3)c2)c1. The molecule has 9 nitrogen and oxygen atoms in total. The van der Waals surface area contributed by atoms with Gasteiger partial charge >= 0.3 is 5.97 Å². The van der Waals surface area contributed by atoms with E-state index < -0.39 is 0 Å². The van der Waals surface area contributed by atoms with Crippen LogP contribution in [0.3, 0.4) is 0 Å². The van der Waals surface area contributed by atoms with Crippen LogP contribution in [0.1, 0.15) is 48.3 Å². The summed E-state index contributed by atoms with van der Waals surface area (Å²) in [6.45, 7) is 3.23. The first-order chi connectivity index (χ1) is 17.2. The largest absolute Gasteiger partial charge is 0.487 e. The summed E-state index contributed by atoms with van der Waals surface area (Å²) in [6, 6.07) is 13.6. The number of hydrogen-bond donors (Lipinski definition) is 0. The van der Waals surface area contributed by atoms with E-state index in [4.69, 9.17) is 14.2 Å². The fourth-order valence-electron chi connectivity index (χ4n) is 4.02. The van der Waals surface area contributed by atoms with Gasteiger partial charge in [-0.1, -0.05) is 12.1 Å². The Hall–Kier alpha value is -3.98. The Kier molecular flexibility index (Phi) is 6.85. The van der Waals surface area contributed by atoms with Crippen LogP contribution in [-0.4, -0.2) is 43.7 Å². The van der Waals surface area contributed by atoms with Crippen molar-refractivity contribution in [2.24, 2.45) is 0 Å². The molecular weight excluding hydrogens is 446 g/mol. The predicted octanol–water partition coefficient (Wildman–Crippen LogP) is 4.59. The van der Waals surface area contributed by atoms with E-state index in [0.29, 0.717) is 24.5 Å². The second-order valence-electron chi connectivity index (χ2n) is 8.21. The van der Waals surface area contributed by atoms with Crippen molar-refractivity contribution < 1.29 is 19.0 Å². The van der Waals surface area contributed by atoms with Gasteiger partial charge in [0, 0.05) is 19.0 Å². The average molecular weight is 474 g/mol. The van der Waals surface area contributed by atoms with Crippen LogP contribution >= 0.6 is 0 Å². The van der Waals surface area contributed by atoms with Crippen molar-refractivity contribution in [1.29, 1.82) is 0 Å². The molecule has 0 radical (unpaired) electrons. The molecule has 1 saturated heterocycles. The quantitative estimate of drug-likeness (QED) is 0.346. The highest BCUT2D eigenvalue weighted by molar-refractivity contribution is 5.88. The molecule has 180 valence electrons. The smallest absolute Gasteiger partial charge is 0.341 e. The predicted molar refractivity (Wildman–Crippen MR) is 128 cm³/mol. The third kappa shape index (κ3) is 5.25. The minimum atomic E-state index is -0.386. The number of ether oxygens (including phenoxy) is 3. The van der Waals surface area contributed by atoms with Crippen LogP contribution in [0.25, 0.3) is 17.1 Å². The maximum atomic E-state index is 11.9. The first-order valence-corrected chi connectivity index (χ1v) is 11.8. The summed E-state index contributed by atoms with van der Waals surface area (Å²) >= 11 is 0. The van der Waals surface area contributed by atoms with Gasteiger partial charge < -0.3 is 14.2 Å². The number of esters is 1. The lowest BCUT2D eigenvalue weighted by atomic mass is 10.2. The maximum Gasteiger partial charge on any atom is 0.341 e. The molecule has 1 atom stereocenters. The fourth-order valence-corrected chi connectivity index (χ4v) is 4.02. The molecule has 1 aliphatic heterocycles. The van der Waals surface area contributed by atoms with Crippen molar-refractivity contribution in [1.82, 2.24) is 24.5 Å². The summed E-state index contributed by atoms with van der Waals surface area (Å²) in [6.07, 6.45) is 9.80. The number of rotatable bonds is 8. The Morgan fingerprint density at radius 3 is 2.89 bits per heavy atom. The molecule has 0 spiro atoms. The third-order valence-corrected chi connectivity index (χ3v) is 5.77. The first kappa shape index (κ1) is 22.8. The van der Waals surface area contributed by atoms with Crippen LogP contribution < -0.4 is 4.74 Å². The number of benzene rings is 1. The van der Waals surface area contributed by atoms with E-state index in [0.717, 1.165) is 48.5 Å². The maximum absolute atomic E-state index is 11.9. The van der Waals surface area contributed by atoms with Gasteiger partial charge in [-0.2, -0.15) is 10.2 Å². The monoisotopic (exact) mass is 473 g/mol. The molecule has 0 saturated carbocycles. The van der Waals surface area contributed by atoms with Crippen LogP contribution in [0.2, 0.25) is 0 Å². The first-order valence-electron chi connectivity index (χ1n) is 11.8. The number of carbonyl (C=O) groups excluding carboxylic acids is 1.